The van der Waals surface area contributed by atoms with Gasteiger partial charge in [-0.25, -0.2) is 0 Å². The molecule has 1 saturated heterocycles. The molecule has 6 atom stereocenters. The van der Waals surface area contributed by atoms with Gasteiger partial charge >= 0.3 is 0 Å². The van der Waals surface area contributed by atoms with Gasteiger partial charge in [0.1, 0.15) is 74.6 Å². The summed E-state index contributed by atoms with van der Waals surface area (Å²) >= 11 is 0. The first-order valence-corrected chi connectivity index (χ1v) is 23.7. The summed E-state index contributed by atoms with van der Waals surface area (Å²) in [6.45, 7) is 0. The van der Waals surface area contributed by atoms with Crippen molar-refractivity contribution in [3.63, 3.8) is 0 Å². The summed E-state index contributed by atoms with van der Waals surface area (Å²) in [7, 11) is 0. The van der Waals surface area contributed by atoms with E-state index in [1.165, 1.54) is 84.9 Å². The van der Waals surface area contributed by atoms with Crippen molar-refractivity contribution in [2.45, 2.75) is 36.6 Å². The van der Waals surface area contributed by atoms with Gasteiger partial charge in [-0.2, -0.15) is 0 Å². The van der Waals surface area contributed by atoms with E-state index >= 15 is 4.79 Å². The summed E-state index contributed by atoms with van der Waals surface area (Å²) in [5, 5.41) is 120. The number of fused-ring (bicyclic) bond motifs is 1. The molecule has 15 heteroatoms. The Kier molecular flexibility index (Phi) is 12.7. The molecule has 0 aromatic heterocycles. The van der Waals surface area contributed by atoms with Crippen molar-refractivity contribution in [3.05, 3.63) is 219 Å². The van der Waals surface area contributed by atoms with Crippen molar-refractivity contribution in [2.75, 3.05) is 0 Å². The number of aromatic hydroxyl groups is 11. The van der Waals surface area contributed by atoms with Crippen molar-refractivity contribution < 1.29 is 75.2 Å². The zero-order chi connectivity index (χ0) is 52.9. The summed E-state index contributed by atoms with van der Waals surface area (Å²) < 4.78 is 14.1. The van der Waals surface area contributed by atoms with Crippen LogP contribution in [0.5, 0.6) is 69.0 Å². The van der Waals surface area contributed by atoms with Crippen molar-refractivity contribution in [1.82, 2.24) is 0 Å². The number of phenols is 11. The number of ketones is 2. The van der Waals surface area contributed by atoms with Gasteiger partial charge in [0.05, 0.1) is 35.2 Å². The van der Waals surface area contributed by atoms with E-state index < -0.39 is 75.9 Å². The summed E-state index contributed by atoms with van der Waals surface area (Å²) in [5.41, 5.74) is 1.22. The van der Waals surface area contributed by atoms with Crippen molar-refractivity contribution in [1.29, 1.82) is 0 Å². The molecule has 8 aromatic carbocycles. The lowest BCUT2D eigenvalue weighted by molar-refractivity contribution is 0.0252. The number of phenolic OH excluding ortho intramolecular Hbond substituents is 11. The first-order valence-electron chi connectivity index (χ1n) is 23.7. The highest BCUT2D eigenvalue weighted by atomic mass is 16.5. The maximum atomic E-state index is 15.1. The predicted octanol–water partition coefficient (Wildman–Crippen LogP) is 10.2. The first kappa shape index (κ1) is 49.0. The molecule has 0 bridgehead atoms. The highest BCUT2D eigenvalue weighted by Gasteiger charge is 2.53. The van der Waals surface area contributed by atoms with Gasteiger partial charge < -0.3 is 65.6 Å². The minimum Gasteiger partial charge on any atom is -0.508 e. The number of benzene rings is 8. The third kappa shape index (κ3) is 9.39. The van der Waals surface area contributed by atoms with Gasteiger partial charge in [-0.15, -0.1) is 0 Å². The Morgan fingerprint density at radius 3 is 1.72 bits per heavy atom. The van der Waals surface area contributed by atoms with Gasteiger partial charge in [-0.3, -0.25) is 9.59 Å². The Labute approximate surface area is 428 Å². The highest BCUT2D eigenvalue weighted by molar-refractivity contribution is 6.08. The van der Waals surface area contributed by atoms with E-state index in [0.717, 1.165) is 24.3 Å². The standard InChI is InChI=1S/C60H48O15/c61-36-9-1-32(2-10-36)24-47-55(57(73)44-20-17-41(66)27-51(44)70)58(33-5-11-37(62)12-6-33)74-59(47)46-28-45(52(71)29-53(46)72)56(43-19-16-40(65)26-50(43)69)60(35-7-13-38(63)14-8-35)30-34-23-31(4-22-54(34)75-60)3-21-48(67)42-18-15-39(64)25-49(42)68/h1-23,25-29,47,55-56,58-59,61-66,68-72H,24,30H2. The second kappa shape index (κ2) is 19.4. The van der Waals surface area contributed by atoms with Gasteiger partial charge in [0.25, 0.3) is 0 Å². The molecule has 0 aliphatic carbocycles. The van der Waals surface area contributed by atoms with Crippen molar-refractivity contribution >= 4 is 17.6 Å². The van der Waals surface area contributed by atoms with Crippen LogP contribution in [-0.4, -0.2) is 67.7 Å². The zero-order valence-corrected chi connectivity index (χ0v) is 39.5. The van der Waals surface area contributed by atoms with Gasteiger partial charge in [0, 0.05) is 53.3 Å². The van der Waals surface area contributed by atoms with Gasteiger partial charge in [-0.1, -0.05) is 54.6 Å². The number of hydrogen-bond donors (Lipinski definition) is 11. The van der Waals surface area contributed by atoms with Crippen LogP contribution in [0.3, 0.4) is 0 Å². The molecule has 15 nitrogen and oxygen atoms in total. The van der Waals surface area contributed by atoms with Crippen molar-refractivity contribution in [2.24, 2.45) is 11.8 Å². The van der Waals surface area contributed by atoms with Crippen LogP contribution in [0.2, 0.25) is 0 Å². The molecule has 10 rings (SSSR count). The average molecular weight is 1010 g/mol. The third-order valence-corrected chi connectivity index (χ3v) is 14.1. The maximum Gasteiger partial charge on any atom is 0.189 e. The Morgan fingerprint density at radius 1 is 0.533 bits per heavy atom. The van der Waals surface area contributed by atoms with Gasteiger partial charge in [0.15, 0.2) is 11.6 Å². The fourth-order valence-electron chi connectivity index (χ4n) is 10.6. The summed E-state index contributed by atoms with van der Waals surface area (Å²) in [5.74, 6) is -7.17. The summed E-state index contributed by atoms with van der Waals surface area (Å²) in [6.07, 6.45) is 0.600. The fourth-order valence-corrected chi connectivity index (χ4v) is 10.6. The first-order chi connectivity index (χ1) is 36.0. The number of allylic oxidation sites excluding steroid dienone is 1. The molecular weight excluding hydrogens is 961 g/mol. The smallest absolute Gasteiger partial charge is 0.189 e. The molecule has 6 unspecified atom stereocenters. The monoisotopic (exact) mass is 1010 g/mol. The zero-order valence-electron chi connectivity index (χ0n) is 39.5. The summed E-state index contributed by atoms with van der Waals surface area (Å²) in [4.78, 5) is 28.3. The molecule has 0 amide bonds. The van der Waals surface area contributed by atoms with Crippen LogP contribution in [0.15, 0.2) is 164 Å². The molecule has 75 heavy (non-hydrogen) atoms. The lowest BCUT2D eigenvalue weighted by Crippen LogP contribution is -2.39. The number of ether oxygens (including phenoxy) is 2. The van der Waals surface area contributed by atoms with Gasteiger partial charge in [-0.05, 0) is 125 Å². The molecule has 11 N–H and O–H groups in total. The SMILES string of the molecule is O=C(C=Cc1ccc2c(c1)CC(c1ccc(O)cc1)(C(c1ccc(O)cc1O)c1cc(C3OC(c4ccc(O)cc4)C(C(=O)c4ccc(O)cc4O)C3Cc3ccc(O)cc3)c(O)cc1O)O2)c1ccc(O)cc1O. The van der Waals surface area contributed by atoms with Crippen LogP contribution in [0.25, 0.3) is 6.08 Å². The topological polar surface area (TPSA) is 275 Å². The molecule has 2 heterocycles. The quantitative estimate of drug-likeness (QED) is 0.0379. The van der Waals surface area contributed by atoms with Crippen LogP contribution in [0.1, 0.15) is 83.3 Å². The number of Topliss-reactive ketones (excluding diaryl/α,β-unsaturated/α-hetero) is 1. The Morgan fingerprint density at radius 2 is 1.09 bits per heavy atom. The largest absolute Gasteiger partial charge is 0.508 e. The minimum atomic E-state index is -1.63. The highest BCUT2D eigenvalue weighted by Crippen LogP contribution is 2.59. The Bertz CT molecular complexity index is 3530. The van der Waals surface area contributed by atoms with Crippen LogP contribution in [0, 0.1) is 11.8 Å². The molecule has 2 aliphatic rings. The lowest BCUT2D eigenvalue weighted by atomic mass is 9.70. The van der Waals surface area contributed by atoms with E-state index in [9.17, 15) is 61.0 Å². The van der Waals surface area contributed by atoms with Crippen LogP contribution < -0.4 is 4.74 Å². The Hall–Kier alpha value is -9.60. The van der Waals surface area contributed by atoms with E-state index in [1.807, 2.05) is 0 Å². The van der Waals surface area contributed by atoms with E-state index in [1.54, 1.807) is 60.7 Å². The molecule has 8 aromatic rings. The number of carbonyl (C=O) groups excluding carboxylic acids is 2. The van der Waals surface area contributed by atoms with E-state index in [4.69, 9.17) is 9.47 Å². The van der Waals surface area contributed by atoms with E-state index in [2.05, 4.69) is 0 Å². The molecule has 0 spiro atoms. The van der Waals surface area contributed by atoms with Crippen molar-refractivity contribution in [3.8, 4) is 69.0 Å². The van der Waals surface area contributed by atoms with Crippen LogP contribution in [-0.2, 0) is 23.2 Å². The third-order valence-electron chi connectivity index (χ3n) is 14.1. The summed E-state index contributed by atoms with van der Waals surface area (Å²) in [6, 6.07) is 37.4. The second-order valence-electron chi connectivity index (χ2n) is 18.8. The van der Waals surface area contributed by atoms with Crippen LogP contribution >= 0.6 is 0 Å². The molecule has 378 valence electrons. The minimum absolute atomic E-state index is 0.0145. The molecule has 0 saturated carbocycles. The molecular formula is C60H48O15. The number of rotatable bonds is 13. The Balaban J connectivity index is 1.15. The van der Waals surface area contributed by atoms with E-state index in [0.29, 0.717) is 33.6 Å². The number of carbonyl (C=O) groups is 2. The predicted molar refractivity (Wildman–Crippen MR) is 273 cm³/mol. The molecule has 2 aliphatic heterocycles. The number of hydrogen-bond acceptors (Lipinski definition) is 15. The maximum absolute atomic E-state index is 15.1. The van der Waals surface area contributed by atoms with E-state index in [-0.39, 0.29) is 75.2 Å². The second-order valence-corrected chi connectivity index (χ2v) is 18.8. The molecule has 1 fully saturated rings. The molecule has 0 radical (unpaired) electrons. The lowest BCUT2D eigenvalue weighted by Gasteiger charge is -2.39. The van der Waals surface area contributed by atoms with Crippen LogP contribution in [0.4, 0.5) is 0 Å². The normalized spacial score (nSPS) is 19.4. The fraction of sp³-hybridized carbons (Fsp3) is 0.133. The van der Waals surface area contributed by atoms with Gasteiger partial charge in [0.2, 0.25) is 0 Å². The average Bonchev–Trinajstić information content (AvgIpc) is 4.02.